The summed E-state index contributed by atoms with van der Waals surface area (Å²) in [4.78, 5) is 16.0. The molecule has 0 N–H and O–H groups in total. The van der Waals surface area contributed by atoms with Gasteiger partial charge in [0.05, 0.1) is 0 Å². The standard InChI is InChI=1S/C11H13NO2/c1-9(13)11(14-12-2)8-10-6-4-3-5-7-10/h3-7,11H,2,8H2,1H3. The second-order valence-electron chi connectivity index (χ2n) is 3.02. The van der Waals surface area contributed by atoms with E-state index >= 15 is 0 Å². The van der Waals surface area contributed by atoms with Gasteiger partial charge < -0.3 is 4.84 Å². The van der Waals surface area contributed by atoms with Gasteiger partial charge in [-0.15, -0.1) is 5.16 Å². The Labute approximate surface area is 83.4 Å². The van der Waals surface area contributed by atoms with Gasteiger partial charge in [-0.2, -0.15) is 0 Å². The quantitative estimate of drug-likeness (QED) is 0.526. The lowest BCUT2D eigenvalue weighted by molar-refractivity contribution is -0.128. The number of Topliss-reactive ketones (excluding diaryl/α,β-unsaturated/α-hetero) is 1. The Hall–Kier alpha value is -1.64. The van der Waals surface area contributed by atoms with Crippen LogP contribution >= 0.6 is 0 Å². The number of hydrogen-bond donors (Lipinski definition) is 0. The maximum atomic E-state index is 11.1. The first-order valence-corrected chi connectivity index (χ1v) is 4.40. The number of benzene rings is 1. The molecule has 1 aromatic carbocycles. The maximum Gasteiger partial charge on any atom is 0.188 e. The highest BCUT2D eigenvalue weighted by molar-refractivity contribution is 5.80. The highest BCUT2D eigenvalue weighted by Crippen LogP contribution is 2.06. The monoisotopic (exact) mass is 191 g/mol. The summed E-state index contributed by atoms with van der Waals surface area (Å²) < 4.78 is 0. The second kappa shape index (κ2) is 5.17. The summed E-state index contributed by atoms with van der Waals surface area (Å²) in [5, 5.41) is 3.28. The molecule has 0 fully saturated rings. The van der Waals surface area contributed by atoms with E-state index in [1.54, 1.807) is 0 Å². The van der Waals surface area contributed by atoms with Crippen LogP contribution in [0.25, 0.3) is 0 Å². The van der Waals surface area contributed by atoms with E-state index in [-0.39, 0.29) is 5.78 Å². The number of rotatable bonds is 5. The van der Waals surface area contributed by atoms with Crippen LogP contribution in [0.4, 0.5) is 0 Å². The van der Waals surface area contributed by atoms with E-state index in [9.17, 15) is 4.79 Å². The van der Waals surface area contributed by atoms with Gasteiger partial charge in [0, 0.05) is 13.1 Å². The van der Waals surface area contributed by atoms with Crippen molar-refractivity contribution >= 4 is 12.5 Å². The SMILES string of the molecule is C=NOC(Cc1ccccc1)C(C)=O. The van der Waals surface area contributed by atoms with Crippen molar-refractivity contribution in [2.24, 2.45) is 5.16 Å². The normalized spacial score (nSPS) is 11.8. The first-order chi connectivity index (χ1) is 6.74. The van der Waals surface area contributed by atoms with Crippen molar-refractivity contribution in [3.8, 4) is 0 Å². The van der Waals surface area contributed by atoms with E-state index in [1.165, 1.54) is 6.92 Å². The Balaban J connectivity index is 2.64. The lowest BCUT2D eigenvalue weighted by Crippen LogP contribution is -2.22. The molecule has 74 valence electrons. The topological polar surface area (TPSA) is 38.7 Å². The van der Waals surface area contributed by atoms with Crippen molar-refractivity contribution < 1.29 is 9.63 Å². The Bertz CT molecular complexity index is 308. The van der Waals surface area contributed by atoms with Crippen LogP contribution < -0.4 is 0 Å². The van der Waals surface area contributed by atoms with Crippen molar-refractivity contribution in [2.75, 3.05) is 0 Å². The maximum absolute atomic E-state index is 11.1. The van der Waals surface area contributed by atoms with Crippen molar-refractivity contribution in [2.45, 2.75) is 19.4 Å². The fourth-order valence-electron chi connectivity index (χ4n) is 1.17. The lowest BCUT2D eigenvalue weighted by atomic mass is 10.1. The highest BCUT2D eigenvalue weighted by atomic mass is 16.6. The van der Waals surface area contributed by atoms with Gasteiger partial charge in [0.2, 0.25) is 0 Å². The van der Waals surface area contributed by atoms with Crippen molar-refractivity contribution in [3.63, 3.8) is 0 Å². The largest absolute Gasteiger partial charge is 0.385 e. The molecule has 3 heteroatoms. The van der Waals surface area contributed by atoms with Gasteiger partial charge in [-0.3, -0.25) is 4.79 Å². The summed E-state index contributed by atoms with van der Waals surface area (Å²) in [5.41, 5.74) is 1.05. The van der Waals surface area contributed by atoms with Crippen LogP contribution in [0.15, 0.2) is 35.5 Å². The molecule has 0 bridgehead atoms. The van der Waals surface area contributed by atoms with Gasteiger partial charge in [-0.25, -0.2) is 0 Å². The number of nitrogens with zero attached hydrogens (tertiary/aromatic N) is 1. The van der Waals surface area contributed by atoms with Gasteiger partial charge in [-0.1, -0.05) is 30.3 Å². The van der Waals surface area contributed by atoms with Crippen LogP contribution in [0.2, 0.25) is 0 Å². The summed E-state index contributed by atoms with van der Waals surface area (Å²) in [6.07, 6.45) is 0.0183. The number of hydrogen-bond acceptors (Lipinski definition) is 3. The number of carbonyl (C=O) groups excluding carboxylic acids is 1. The predicted molar refractivity (Wildman–Crippen MR) is 55.2 cm³/mol. The van der Waals surface area contributed by atoms with Crippen LogP contribution in [0, 0.1) is 0 Å². The molecule has 0 heterocycles. The molecule has 1 aromatic rings. The van der Waals surface area contributed by atoms with E-state index in [4.69, 9.17) is 4.84 Å². The summed E-state index contributed by atoms with van der Waals surface area (Å²) in [7, 11) is 0. The molecule has 1 atom stereocenters. The summed E-state index contributed by atoms with van der Waals surface area (Å²) >= 11 is 0. The summed E-state index contributed by atoms with van der Waals surface area (Å²) in [5.74, 6) is -0.0405. The third-order valence-corrected chi connectivity index (χ3v) is 1.92. The molecule has 14 heavy (non-hydrogen) atoms. The van der Waals surface area contributed by atoms with Gasteiger partial charge in [0.15, 0.2) is 11.9 Å². The van der Waals surface area contributed by atoms with E-state index in [2.05, 4.69) is 11.9 Å². The third-order valence-electron chi connectivity index (χ3n) is 1.92. The zero-order chi connectivity index (χ0) is 10.4. The molecular formula is C11H13NO2. The average molecular weight is 191 g/mol. The number of carbonyl (C=O) groups is 1. The van der Waals surface area contributed by atoms with Crippen molar-refractivity contribution in [3.05, 3.63) is 35.9 Å². The molecular weight excluding hydrogens is 178 g/mol. The fourth-order valence-corrected chi connectivity index (χ4v) is 1.17. The molecule has 3 nitrogen and oxygen atoms in total. The van der Waals surface area contributed by atoms with Crippen LogP contribution in [0.5, 0.6) is 0 Å². The second-order valence-corrected chi connectivity index (χ2v) is 3.02. The molecule has 0 aliphatic heterocycles. The third kappa shape index (κ3) is 3.01. The van der Waals surface area contributed by atoms with E-state index < -0.39 is 6.10 Å². The van der Waals surface area contributed by atoms with Gasteiger partial charge in [0.25, 0.3) is 0 Å². The predicted octanol–water partition coefficient (Wildman–Crippen LogP) is 1.82. The minimum Gasteiger partial charge on any atom is -0.385 e. The fraction of sp³-hybridized carbons (Fsp3) is 0.273. The minimum absolute atomic E-state index is 0.0405. The molecule has 1 unspecified atom stereocenters. The van der Waals surface area contributed by atoms with Crippen LogP contribution in [-0.2, 0) is 16.1 Å². The smallest absolute Gasteiger partial charge is 0.188 e. The lowest BCUT2D eigenvalue weighted by Gasteiger charge is -2.10. The number of oxime groups is 1. The molecule has 0 spiro atoms. The van der Waals surface area contributed by atoms with Crippen LogP contribution in [-0.4, -0.2) is 18.6 Å². The molecule has 0 radical (unpaired) electrons. The average Bonchev–Trinajstić information content (AvgIpc) is 2.18. The minimum atomic E-state index is -0.519. The Morgan fingerprint density at radius 2 is 2.14 bits per heavy atom. The summed E-state index contributed by atoms with van der Waals surface area (Å²) in [6.45, 7) is 4.68. The molecule has 0 aromatic heterocycles. The molecule has 0 saturated heterocycles. The molecule has 0 amide bonds. The van der Waals surface area contributed by atoms with Crippen molar-refractivity contribution in [1.29, 1.82) is 0 Å². The first kappa shape index (κ1) is 10.4. The zero-order valence-corrected chi connectivity index (χ0v) is 8.14. The van der Waals surface area contributed by atoms with E-state index in [1.807, 2.05) is 30.3 Å². The Kier molecular flexibility index (Phi) is 3.85. The Morgan fingerprint density at radius 1 is 1.50 bits per heavy atom. The molecule has 0 saturated carbocycles. The zero-order valence-electron chi connectivity index (χ0n) is 8.14. The van der Waals surface area contributed by atoms with Gasteiger partial charge >= 0.3 is 0 Å². The van der Waals surface area contributed by atoms with Gasteiger partial charge in [-0.05, 0) is 12.5 Å². The Morgan fingerprint density at radius 3 is 2.64 bits per heavy atom. The van der Waals surface area contributed by atoms with Gasteiger partial charge in [0.1, 0.15) is 0 Å². The molecule has 0 aliphatic rings. The molecule has 0 aliphatic carbocycles. The van der Waals surface area contributed by atoms with Crippen LogP contribution in [0.3, 0.4) is 0 Å². The first-order valence-electron chi connectivity index (χ1n) is 4.40. The summed E-state index contributed by atoms with van der Waals surface area (Å²) in [6, 6.07) is 9.67. The van der Waals surface area contributed by atoms with Crippen LogP contribution in [0.1, 0.15) is 12.5 Å². The highest BCUT2D eigenvalue weighted by Gasteiger charge is 2.15. The number of ketones is 1. The van der Waals surface area contributed by atoms with E-state index in [0.717, 1.165) is 5.56 Å². The van der Waals surface area contributed by atoms with E-state index in [0.29, 0.717) is 6.42 Å². The van der Waals surface area contributed by atoms with Crippen molar-refractivity contribution in [1.82, 2.24) is 0 Å². The molecule has 1 rings (SSSR count).